The predicted molar refractivity (Wildman–Crippen MR) is 92.8 cm³/mol. The number of amides is 1. The van der Waals surface area contributed by atoms with Crippen molar-refractivity contribution in [3.8, 4) is 5.75 Å². The van der Waals surface area contributed by atoms with Crippen molar-refractivity contribution in [1.82, 2.24) is 25.1 Å². The largest absolute Gasteiger partial charge is 0.496 e. The number of rotatable bonds is 8. The second-order valence-corrected chi connectivity index (χ2v) is 6.83. The Hall–Kier alpha value is -2.09. The van der Waals surface area contributed by atoms with Gasteiger partial charge in [0.05, 0.1) is 12.9 Å². The van der Waals surface area contributed by atoms with Gasteiger partial charge in [-0.05, 0) is 22.4 Å². The van der Waals surface area contributed by atoms with Crippen molar-refractivity contribution in [2.24, 2.45) is 5.92 Å². The van der Waals surface area contributed by atoms with Crippen LogP contribution in [0.25, 0.3) is 0 Å². The highest BCUT2D eigenvalue weighted by Gasteiger charge is 2.15. The molecular formula is C16H23N5O2S. The van der Waals surface area contributed by atoms with E-state index in [9.17, 15) is 4.79 Å². The molecule has 1 amide bonds. The molecule has 0 unspecified atom stereocenters. The van der Waals surface area contributed by atoms with Crippen LogP contribution in [0.15, 0.2) is 29.4 Å². The summed E-state index contributed by atoms with van der Waals surface area (Å²) < 4.78 is 7.06. The summed E-state index contributed by atoms with van der Waals surface area (Å²) in [5.74, 6) is 1.54. The Bertz CT molecular complexity index is 674. The van der Waals surface area contributed by atoms with Gasteiger partial charge in [-0.3, -0.25) is 4.79 Å². The Labute approximate surface area is 146 Å². The van der Waals surface area contributed by atoms with E-state index in [1.165, 1.54) is 11.8 Å². The van der Waals surface area contributed by atoms with Gasteiger partial charge in [0.1, 0.15) is 5.75 Å². The molecule has 130 valence electrons. The van der Waals surface area contributed by atoms with Gasteiger partial charge in [-0.25, -0.2) is 4.68 Å². The molecule has 1 heterocycles. The summed E-state index contributed by atoms with van der Waals surface area (Å²) in [5.41, 5.74) is 0.977. The zero-order valence-corrected chi connectivity index (χ0v) is 15.3. The number of ether oxygens (including phenoxy) is 1. The molecule has 7 nitrogen and oxygen atoms in total. The van der Waals surface area contributed by atoms with Crippen LogP contribution in [0, 0.1) is 5.92 Å². The summed E-state index contributed by atoms with van der Waals surface area (Å²) in [4.78, 5) is 14.0. The first kappa shape index (κ1) is 18.3. The highest BCUT2D eigenvalue weighted by Crippen LogP contribution is 2.20. The molecule has 0 fully saturated rings. The van der Waals surface area contributed by atoms with Crippen molar-refractivity contribution in [2.75, 3.05) is 19.9 Å². The van der Waals surface area contributed by atoms with E-state index in [1.54, 1.807) is 23.7 Å². The second-order valence-electron chi connectivity index (χ2n) is 5.89. The summed E-state index contributed by atoms with van der Waals surface area (Å²) >= 11 is 1.36. The van der Waals surface area contributed by atoms with Gasteiger partial charge in [-0.2, -0.15) is 0 Å². The fourth-order valence-corrected chi connectivity index (χ4v) is 3.00. The molecule has 0 aliphatic heterocycles. The monoisotopic (exact) mass is 349 g/mol. The van der Waals surface area contributed by atoms with Crippen LogP contribution >= 0.6 is 11.8 Å². The lowest BCUT2D eigenvalue weighted by molar-refractivity contribution is -0.127. The third-order valence-corrected chi connectivity index (χ3v) is 4.33. The third kappa shape index (κ3) is 4.95. The fraction of sp³-hybridized carbons (Fsp3) is 0.500. The van der Waals surface area contributed by atoms with Gasteiger partial charge in [-0.15, -0.1) is 5.10 Å². The predicted octanol–water partition coefficient (Wildman–Crippen LogP) is 2.09. The van der Waals surface area contributed by atoms with Crippen LogP contribution in [-0.2, 0) is 17.9 Å². The van der Waals surface area contributed by atoms with Gasteiger partial charge in [-0.1, -0.05) is 43.8 Å². The number of benzene rings is 1. The molecule has 1 aromatic heterocycles. The molecule has 0 saturated heterocycles. The number of thioether (sulfide) groups is 1. The number of carbonyl (C=O) groups is 1. The molecule has 24 heavy (non-hydrogen) atoms. The van der Waals surface area contributed by atoms with Gasteiger partial charge in [0.15, 0.2) is 0 Å². The molecule has 0 aliphatic carbocycles. The maximum atomic E-state index is 12.4. The SMILES string of the molecule is COc1ccccc1CN(C)C(=O)CSc1nnnn1CC(C)C. The summed E-state index contributed by atoms with van der Waals surface area (Å²) in [6.07, 6.45) is 0. The lowest BCUT2D eigenvalue weighted by atomic mass is 10.2. The Kier molecular flexibility index (Phi) is 6.60. The number of carbonyl (C=O) groups excluding carboxylic acids is 1. The zero-order valence-electron chi connectivity index (χ0n) is 14.5. The first-order valence-electron chi connectivity index (χ1n) is 7.76. The van der Waals surface area contributed by atoms with Crippen molar-refractivity contribution in [3.05, 3.63) is 29.8 Å². The van der Waals surface area contributed by atoms with Gasteiger partial charge < -0.3 is 9.64 Å². The average Bonchev–Trinajstić information content (AvgIpc) is 2.99. The smallest absolute Gasteiger partial charge is 0.233 e. The summed E-state index contributed by atoms with van der Waals surface area (Å²) in [6, 6.07) is 7.70. The average molecular weight is 349 g/mol. The molecule has 0 atom stereocenters. The summed E-state index contributed by atoms with van der Waals surface area (Å²) in [6.45, 7) is 5.44. The zero-order chi connectivity index (χ0) is 17.5. The maximum Gasteiger partial charge on any atom is 0.233 e. The molecule has 0 saturated carbocycles. The first-order valence-corrected chi connectivity index (χ1v) is 8.74. The number of hydrogen-bond donors (Lipinski definition) is 0. The van der Waals surface area contributed by atoms with E-state index >= 15 is 0 Å². The van der Waals surface area contributed by atoms with E-state index in [0.29, 0.717) is 23.4 Å². The summed E-state index contributed by atoms with van der Waals surface area (Å²) in [7, 11) is 3.41. The van der Waals surface area contributed by atoms with Crippen molar-refractivity contribution in [1.29, 1.82) is 0 Å². The Balaban J connectivity index is 1.91. The number of nitrogens with zero attached hydrogens (tertiary/aromatic N) is 5. The molecular weight excluding hydrogens is 326 g/mol. The second kappa shape index (κ2) is 8.68. The van der Waals surface area contributed by atoms with Crippen molar-refractivity contribution in [2.45, 2.75) is 32.1 Å². The van der Waals surface area contributed by atoms with E-state index in [2.05, 4.69) is 29.4 Å². The van der Waals surface area contributed by atoms with Crippen LogP contribution in [0.5, 0.6) is 5.75 Å². The molecule has 0 aliphatic rings. The molecule has 0 N–H and O–H groups in total. The minimum absolute atomic E-state index is 0.0185. The fourth-order valence-electron chi connectivity index (χ4n) is 2.17. The van der Waals surface area contributed by atoms with E-state index in [0.717, 1.165) is 17.9 Å². The topological polar surface area (TPSA) is 73.1 Å². The van der Waals surface area contributed by atoms with Gasteiger partial charge in [0, 0.05) is 25.7 Å². The molecule has 0 radical (unpaired) electrons. The molecule has 0 bridgehead atoms. The van der Waals surface area contributed by atoms with Crippen LogP contribution in [0.4, 0.5) is 0 Å². The van der Waals surface area contributed by atoms with E-state index in [-0.39, 0.29) is 5.91 Å². The molecule has 8 heteroatoms. The van der Waals surface area contributed by atoms with Crippen LogP contribution in [-0.4, -0.2) is 50.9 Å². The van der Waals surface area contributed by atoms with Gasteiger partial charge in [0.2, 0.25) is 11.1 Å². The van der Waals surface area contributed by atoms with Gasteiger partial charge in [0.25, 0.3) is 0 Å². The quantitative estimate of drug-likeness (QED) is 0.680. The van der Waals surface area contributed by atoms with E-state index in [4.69, 9.17) is 4.74 Å². The number of hydrogen-bond acceptors (Lipinski definition) is 6. The summed E-state index contributed by atoms with van der Waals surface area (Å²) in [5, 5.41) is 12.3. The van der Waals surface area contributed by atoms with Crippen LogP contribution < -0.4 is 4.74 Å². The Morgan fingerprint density at radius 1 is 1.38 bits per heavy atom. The minimum atomic E-state index is 0.0185. The van der Waals surface area contributed by atoms with E-state index in [1.807, 2.05) is 24.3 Å². The number of para-hydroxylation sites is 1. The standard InChI is InChI=1S/C16H23N5O2S/c1-12(2)9-21-16(17-18-19-21)24-11-15(22)20(3)10-13-7-5-6-8-14(13)23-4/h5-8,12H,9-11H2,1-4H3. The highest BCUT2D eigenvalue weighted by atomic mass is 32.2. The Morgan fingerprint density at radius 2 is 2.12 bits per heavy atom. The van der Waals surface area contributed by atoms with Gasteiger partial charge >= 0.3 is 0 Å². The lowest BCUT2D eigenvalue weighted by Gasteiger charge is -2.18. The molecule has 2 rings (SSSR count). The molecule has 1 aromatic carbocycles. The molecule has 0 spiro atoms. The number of aromatic nitrogens is 4. The van der Waals surface area contributed by atoms with E-state index < -0.39 is 0 Å². The first-order chi connectivity index (χ1) is 11.5. The Morgan fingerprint density at radius 3 is 2.83 bits per heavy atom. The number of tetrazole rings is 1. The maximum absolute atomic E-state index is 12.4. The minimum Gasteiger partial charge on any atom is -0.496 e. The van der Waals surface area contributed by atoms with Crippen LogP contribution in [0.2, 0.25) is 0 Å². The van der Waals surface area contributed by atoms with Crippen molar-refractivity contribution in [3.63, 3.8) is 0 Å². The normalized spacial score (nSPS) is 10.9. The van der Waals surface area contributed by atoms with Crippen LogP contribution in [0.3, 0.4) is 0 Å². The number of methoxy groups -OCH3 is 1. The van der Waals surface area contributed by atoms with Crippen molar-refractivity contribution < 1.29 is 9.53 Å². The van der Waals surface area contributed by atoms with Crippen molar-refractivity contribution >= 4 is 17.7 Å². The third-order valence-electron chi connectivity index (χ3n) is 3.39. The molecule has 2 aromatic rings. The lowest BCUT2D eigenvalue weighted by Crippen LogP contribution is -2.28. The van der Waals surface area contributed by atoms with Crippen LogP contribution in [0.1, 0.15) is 19.4 Å². The highest BCUT2D eigenvalue weighted by molar-refractivity contribution is 7.99.